The summed E-state index contributed by atoms with van der Waals surface area (Å²) in [5.74, 6) is 0. The summed E-state index contributed by atoms with van der Waals surface area (Å²) in [6, 6.07) is 13.3. The third-order valence-corrected chi connectivity index (χ3v) is 3.55. The van der Waals surface area contributed by atoms with Gasteiger partial charge >= 0.3 is 6.18 Å². The smallest absolute Gasteiger partial charge is 0.301 e. The fourth-order valence-electron chi connectivity index (χ4n) is 1.53. The Balaban J connectivity index is 2.30. The molecule has 6 heteroatoms. The van der Waals surface area contributed by atoms with E-state index < -0.39 is 22.7 Å². The number of benzene rings is 2. The largest absolute Gasteiger partial charge is 0.417 e. The average molecular weight is 285 g/mol. The van der Waals surface area contributed by atoms with Crippen LogP contribution in [0.2, 0.25) is 0 Å². The lowest BCUT2D eigenvalue weighted by Gasteiger charge is -2.13. The number of alkyl halides is 3. The van der Waals surface area contributed by atoms with Crippen molar-refractivity contribution in [3.05, 3.63) is 60.2 Å². The molecular formula is C13H10F3NOS. The van der Waals surface area contributed by atoms with Gasteiger partial charge in [-0.15, -0.1) is 0 Å². The van der Waals surface area contributed by atoms with Gasteiger partial charge in [0, 0.05) is 5.69 Å². The van der Waals surface area contributed by atoms with Crippen molar-refractivity contribution >= 4 is 16.7 Å². The Morgan fingerprint density at radius 2 is 1.47 bits per heavy atom. The second-order valence-electron chi connectivity index (χ2n) is 3.73. The number of anilines is 1. The summed E-state index contributed by atoms with van der Waals surface area (Å²) in [7, 11) is -1.96. The van der Waals surface area contributed by atoms with Crippen LogP contribution in [0, 0.1) is 0 Å². The molecule has 1 atom stereocenters. The second-order valence-corrected chi connectivity index (χ2v) is 4.91. The van der Waals surface area contributed by atoms with E-state index in [2.05, 4.69) is 4.72 Å². The lowest BCUT2D eigenvalue weighted by atomic mass is 10.2. The highest BCUT2D eigenvalue weighted by Crippen LogP contribution is 2.33. The summed E-state index contributed by atoms with van der Waals surface area (Å²) in [5.41, 5.74) is -0.394. The molecular weight excluding hydrogens is 275 g/mol. The monoisotopic (exact) mass is 285 g/mol. The van der Waals surface area contributed by atoms with Crippen molar-refractivity contribution in [1.29, 1.82) is 0 Å². The zero-order chi connectivity index (χ0) is 13.9. The zero-order valence-corrected chi connectivity index (χ0v) is 10.5. The van der Waals surface area contributed by atoms with Gasteiger partial charge in [-0.1, -0.05) is 30.3 Å². The first-order valence-corrected chi connectivity index (χ1v) is 6.53. The van der Waals surface area contributed by atoms with Crippen molar-refractivity contribution in [3.8, 4) is 0 Å². The second kappa shape index (κ2) is 5.44. The van der Waals surface area contributed by atoms with Crippen LogP contribution in [0.4, 0.5) is 18.9 Å². The minimum absolute atomic E-state index is 0.279. The van der Waals surface area contributed by atoms with Gasteiger partial charge < -0.3 is 4.72 Å². The molecule has 0 saturated carbocycles. The maximum Gasteiger partial charge on any atom is 0.417 e. The SMILES string of the molecule is O=S(Nc1ccccc1)c1ccccc1C(F)(F)F. The third-order valence-electron chi connectivity index (χ3n) is 2.38. The van der Waals surface area contributed by atoms with E-state index in [4.69, 9.17) is 0 Å². The van der Waals surface area contributed by atoms with Gasteiger partial charge in [-0.3, -0.25) is 0 Å². The first-order chi connectivity index (χ1) is 8.98. The highest BCUT2D eigenvalue weighted by molar-refractivity contribution is 7.86. The van der Waals surface area contributed by atoms with Gasteiger partial charge in [0.2, 0.25) is 0 Å². The van der Waals surface area contributed by atoms with Gasteiger partial charge in [-0.25, -0.2) is 4.21 Å². The van der Waals surface area contributed by atoms with Crippen molar-refractivity contribution in [2.75, 3.05) is 4.72 Å². The van der Waals surface area contributed by atoms with Crippen LogP contribution in [-0.2, 0) is 17.2 Å². The topological polar surface area (TPSA) is 29.1 Å². The lowest BCUT2D eigenvalue weighted by Crippen LogP contribution is -2.13. The molecule has 0 radical (unpaired) electrons. The molecule has 0 saturated heterocycles. The minimum Gasteiger partial charge on any atom is -0.301 e. The maximum atomic E-state index is 12.8. The number of para-hydroxylation sites is 1. The summed E-state index contributed by atoms with van der Waals surface area (Å²) in [5, 5.41) is 0. The molecule has 19 heavy (non-hydrogen) atoms. The summed E-state index contributed by atoms with van der Waals surface area (Å²) in [6.07, 6.45) is -4.52. The molecule has 1 N–H and O–H groups in total. The quantitative estimate of drug-likeness (QED) is 0.912. The normalized spacial score (nSPS) is 13.0. The van der Waals surface area contributed by atoms with Crippen LogP contribution in [0.1, 0.15) is 5.56 Å². The molecule has 0 heterocycles. The van der Waals surface area contributed by atoms with E-state index in [0.717, 1.165) is 6.07 Å². The molecule has 0 aliphatic heterocycles. The molecule has 2 aromatic carbocycles. The Labute approximate surface area is 110 Å². The number of rotatable bonds is 3. The average Bonchev–Trinajstić information content (AvgIpc) is 2.39. The number of hydrogen-bond donors (Lipinski definition) is 1. The van der Waals surface area contributed by atoms with Crippen LogP contribution in [0.3, 0.4) is 0 Å². The standard InChI is InChI=1S/C13H10F3NOS/c14-13(15,16)11-8-4-5-9-12(11)19(18)17-10-6-2-1-3-7-10/h1-9,17H. The van der Waals surface area contributed by atoms with Crippen molar-refractivity contribution in [3.63, 3.8) is 0 Å². The van der Waals surface area contributed by atoms with Crippen LogP contribution in [0.15, 0.2) is 59.5 Å². The van der Waals surface area contributed by atoms with Crippen LogP contribution >= 0.6 is 0 Å². The van der Waals surface area contributed by atoms with Crippen molar-refractivity contribution in [1.82, 2.24) is 0 Å². The van der Waals surface area contributed by atoms with Gasteiger partial charge in [0.1, 0.15) is 0 Å². The third kappa shape index (κ3) is 3.35. The number of nitrogens with one attached hydrogen (secondary N) is 1. The Hall–Kier alpha value is -1.82. The van der Waals surface area contributed by atoms with Crippen LogP contribution in [0.25, 0.3) is 0 Å². The van der Waals surface area contributed by atoms with E-state index in [1.54, 1.807) is 30.3 Å². The maximum absolute atomic E-state index is 12.8. The van der Waals surface area contributed by atoms with Crippen LogP contribution in [-0.4, -0.2) is 4.21 Å². The van der Waals surface area contributed by atoms with E-state index in [9.17, 15) is 17.4 Å². The van der Waals surface area contributed by atoms with Gasteiger partial charge in [0.05, 0.1) is 10.5 Å². The minimum atomic E-state index is -4.52. The Morgan fingerprint density at radius 1 is 0.895 bits per heavy atom. The van der Waals surface area contributed by atoms with E-state index in [-0.39, 0.29) is 4.90 Å². The van der Waals surface area contributed by atoms with Crippen LogP contribution in [0.5, 0.6) is 0 Å². The molecule has 0 amide bonds. The number of hydrogen-bond acceptors (Lipinski definition) is 1. The van der Waals surface area contributed by atoms with E-state index >= 15 is 0 Å². The Kier molecular flexibility index (Phi) is 3.90. The molecule has 2 aromatic rings. The van der Waals surface area contributed by atoms with Crippen molar-refractivity contribution in [2.24, 2.45) is 0 Å². The van der Waals surface area contributed by atoms with E-state index in [0.29, 0.717) is 5.69 Å². The van der Waals surface area contributed by atoms with Crippen molar-refractivity contribution in [2.45, 2.75) is 11.1 Å². The molecule has 100 valence electrons. The Bertz CT molecular complexity index is 584. The van der Waals surface area contributed by atoms with E-state index in [1.807, 2.05) is 0 Å². The van der Waals surface area contributed by atoms with Crippen molar-refractivity contribution < 1.29 is 17.4 Å². The molecule has 0 aliphatic rings. The molecule has 2 rings (SSSR count). The first kappa shape index (κ1) is 13.6. The molecule has 0 bridgehead atoms. The predicted octanol–water partition coefficient (Wildman–Crippen LogP) is 3.84. The Morgan fingerprint density at radius 3 is 2.11 bits per heavy atom. The van der Waals surface area contributed by atoms with Crippen LogP contribution < -0.4 is 4.72 Å². The van der Waals surface area contributed by atoms with Gasteiger partial charge in [-0.05, 0) is 24.3 Å². The van der Waals surface area contributed by atoms with E-state index in [1.165, 1.54) is 18.2 Å². The summed E-state index contributed by atoms with van der Waals surface area (Å²) < 4.78 is 52.9. The molecule has 0 aromatic heterocycles. The summed E-state index contributed by atoms with van der Waals surface area (Å²) >= 11 is 0. The molecule has 1 unspecified atom stereocenters. The number of halogens is 3. The summed E-state index contributed by atoms with van der Waals surface area (Å²) in [4.78, 5) is -0.279. The van der Waals surface area contributed by atoms with Gasteiger partial charge in [-0.2, -0.15) is 13.2 Å². The summed E-state index contributed by atoms with van der Waals surface area (Å²) in [6.45, 7) is 0. The first-order valence-electron chi connectivity index (χ1n) is 5.38. The molecule has 0 fully saturated rings. The molecule has 0 aliphatic carbocycles. The fraction of sp³-hybridized carbons (Fsp3) is 0.0769. The highest BCUT2D eigenvalue weighted by atomic mass is 32.2. The molecule has 2 nitrogen and oxygen atoms in total. The zero-order valence-electron chi connectivity index (χ0n) is 9.65. The highest BCUT2D eigenvalue weighted by Gasteiger charge is 2.34. The van der Waals surface area contributed by atoms with Gasteiger partial charge in [0.15, 0.2) is 11.0 Å². The predicted molar refractivity (Wildman–Crippen MR) is 67.9 cm³/mol. The fourth-order valence-corrected chi connectivity index (χ4v) is 2.58. The lowest BCUT2D eigenvalue weighted by molar-refractivity contribution is -0.139. The van der Waals surface area contributed by atoms with Gasteiger partial charge in [0.25, 0.3) is 0 Å². The molecule has 0 spiro atoms.